The Morgan fingerprint density at radius 1 is 1.48 bits per heavy atom. The molecule has 0 fully saturated rings. The van der Waals surface area contributed by atoms with E-state index < -0.39 is 18.5 Å². The highest BCUT2D eigenvalue weighted by Gasteiger charge is 2.24. The van der Waals surface area contributed by atoms with E-state index in [4.69, 9.17) is 9.15 Å². The summed E-state index contributed by atoms with van der Waals surface area (Å²) >= 11 is 1.44. The van der Waals surface area contributed by atoms with Crippen molar-refractivity contribution < 1.29 is 18.7 Å². The summed E-state index contributed by atoms with van der Waals surface area (Å²) in [5, 5.41) is 12.7. The van der Waals surface area contributed by atoms with E-state index in [-0.39, 0.29) is 0 Å². The van der Waals surface area contributed by atoms with E-state index in [0.29, 0.717) is 22.2 Å². The van der Waals surface area contributed by atoms with Gasteiger partial charge in [0, 0.05) is 11.0 Å². The molecule has 0 saturated carbocycles. The van der Waals surface area contributed by atoms with Crippen LogP contribution in [0, 0.1) is 24.2 Å². The Labute approximate surface area is 161 Å². The Kier molecular flexibility index (Phi) is 5.77. The zero-order valence-corrected chi connectivity index (χ0v) is 16.0. The summed E-state index contributed by atoms with van der Waals surface area (Å²) in [4.78, 5) is 25.0. The lowest BCUT2D eigenvalue weighted by atomic mass is 9.89. The predicted molar refractivity (Wildman–Crippen MR) is 102 cm³/mol. The first-order chi connectivity index (χ1) is 13.0. The first kappa shape index (κ1) is 18.9. The number of amides is 1. The number of thiophene rings is 1. The minimum absolute atomic E-state index is 0.413. The molecular weight excluding hydrogens is 364 g/mol. The summed E-state index contributed by atoms with van der Waals surface area (Å²) in [6.45, 7) is 3.58. The van der Waals surface area contributed by atoms with Gasteiger partial charge in [-0.1, -0.05) is 6.92 Å². The molecule has 2 aromatic heterocycles. The van der Waals surface area contributed by atoms with Gasteiger partial charge in [-0.25, -0.2) is 4.79 Å². The van der Waals surface area contributed by atoms with Gasteiger partial charge < -0.3 is 14.5 Å². The Balaban J connectivity index is 1.56. The zero-order valence-electron chi connectivity index (χ0n) is 15.2. The molecule has 1 N–H and O–H groups in total. The number of hydrogen-bond donors (Lipinski definition) is 1. The number of nitriles is 1. The van der Waals surface area contributed by atoms with Gasteiger partial charge in [0.2, 0.25) is 0 Å². The summed E-state index contributed by atoms with van der Waals surface area (Å²) in [7, 11) is 0. The van der Waals surface area contributed by atoms with Gasteiger partial charge in [0.15, 0.2) is 6.61 Å². The second-order valence-corrected chi connectivity index (χ2v) is 7.71. The van der Waals surface area contributed by atoms with E-state index in [1.54, 1.807) is 19.1 Å². The van der Waals surface area contributed by atoms with Gasteiger partial charge in [-0.15, -0.1) is 11.3 Å². The summed E-state index contributed by atoms with van der Waals surface area (Å²) in [5.41, 5.74) is 1.58. The number of anilines is 1. The van der Waals surface area contributed by atoms with Gasteiger partial charge in [-0.2, -0.15) is 5.26 Å². The van der Waals surface area contributed by atoms with Crippen LogP contribution in [0.15, 0.2) is 22.6 Å². The van der Waals surface area contributed by atoms with Crippen LogP contribution in [0.1, 0.15) is 40.9 Å². The molecule has 1 aliphatic rings. The third-order valence-corrected chi connectivity index (χ3v) is 5.54. The Morgan fingerprint density at radius 2 is 2.30 bits per heavy atom. The highest BCUT2D eigenvalue weighted by Crippen LogP contribution is 2.39. The van der Waals surface area contributed by atoms with Crippen molar-refractivity contribution >= 4 is 34.3 Å². The van der Waals surface area contributed by atoms with Crippen LogP contribution in [0.4, 0.5) is 5.00 Å². The van der Waals surface area contributed by atoms with E-state index in [2.05, 4.69) is 18.3 Å². The molecule has 1 unspecified atom stereocenters. The van der Waals surface area contributed by atoms with Crippen molar-refractivity contribution in [2.24, 2.45) is 5.92 Å². The first-order valence-electron chi connectivity index (χ1n) is 8.72. The van der Waals surface area contributed by atoms with Crippen molar-refractivity contribution in [3.05, 3.63) is 45.7 Å². The minimum Gasteiger partial charge on any atom is -0.462 e. The number of esters is 1. The molecule has 1 aliphatic carbocycles. The smallest absolute Gasteiger partial charge is 0.331 e. The van der Waals surface area contributed by atoms with Crippen molar-refractivity contribution in [3.8, 4) is 6.07 Å². The second kappa shape index (κ2) is 8.23. The number of nitrogens with zero attached hydrogens (tertiary/aromatic N) is 1. The molecule has 3 rings (SSSR count). The third-order valence-electron chi connectivity index (χ3n) is 4.37. The normalized spacial score (nSPS) is 16.0. The molecule has 2 aromatic rings. The molecule has 140 valence electrons. The maximum absolute atomic E-state index is 12.1. The summed E-state index contributed by atoms with van der Waals surface area (Å²) in [5.74, 6) is 0.749. The highest BCUT2D eigenvalue weighted by atomic mass is 32.1. The van der Waals surface area contributed by atoms with Crippen molar-refractivity contribution in [3.63, 3.8) is 0 Å². The van der Waals surface area contributed by atoms with E-state index in [1.807, 2.05) is 0 Å². The molecule has 0 aromatic carbocycles. The Hall–Kier alpha value is -2.85. The predicted octanol–water partition coefficient (Wildman–Crippen LogP) is 3.84. The number of nitrogens with one attached hydrogen (secondary N) is 1. The first-order valence-corrected chi connectivity index (χ1v) is 9.53. The maximum Gasteiger partial charge on any atom is 0.331 e. The average molecular weight is 384 g/mol. The second-order valence-electron chi connectivity index (χ2n) is 6.61. The summed E-state index contributed by atoms with van der Waals surface area (Å²) in [6, 6.07) is 5.71. The fourth-order valence-electron chi connectivity index (χ4n) is 3.00. The molecular formula is C20H20N2O4S. The molecule has 0 bridgehead atoms. The lowest BCUT2D eigenvalue weighted by Gasteiger charge is -2.17. The quantitative estimate of drug-likeness (QED) is 0.624. The molecule has 0 radical (unpaired) electrons. The van der Waals surface area contributed by atoms with Crippen LogP contribution in [0.3, 0.4) is 0 Å². The lowest BCUT2D eigenvalue weighted by molar-refractivity contribution is -0.142. The SMILES string of the molecule is Cc1ccc(C=CC(=O)OCC(=O)Nc2sc3c(c2C#N)CCC(C)C3)o1. The lowest BCUT2D eigenvalue weighted by Crippen LogP contribution is -2.20. The van der Waals surface area contributed by atoms with Gasteiger partial charge in [0.1, 0.15) is 22.6 Å². The van der Waals surface area contributed by atoms with Crippen LogP contribution < -0.4 is 5.32 Å². The fourth-order valence-corrected chi connectivity index (χ4v) is 4.38. The van der Waals surface area contributed by atoms with Crippen molar-refractivity contribution in [2.45, 2.75) is 33.1 Å². The summed E-state index contributed by atoms with van der Waals surface area (Å²) < 4.78 is 10.2. The van der Waals surface area contributed by atoms with Crippen LogP contribution in [0.2, 0.25) is 0 Å². The van der Waals surface area contributed by atoms with Gasteiger partial charge in [0.25, 0.3) is 5.91 Å². The number of hydrogen-bond acceptors (Lipinski definition) is 6. The highest BCUT2D eigenvalue weighted by molar-refractivity contribution is 7.16. The van der Waals surface area contributed by atoms with Gasteiger partial charge in [-0.05, 0) is 55.9 Å². The van der Waals surface area contributed by atoms with Gasteiger partial charge in [-0.3, -0.25) is 4.79 Å². The van der Waals surface area contributed by atoms with Crippen LogP contribution in [-0.2, 0) is 27.2 Å². The molecule has 6 nitrogen and oxygen atoms in total. The largest absolute Gasteiger partial charge is 0.462 e. The summed E-state index contributed by atoms with van der Waals surface area (Å²) in [6.07, 6.45) is 5.52. The number of carbonyl (C=O) groups excluding carboxylic acids is 2. The monoisotopic (exact) mass is 384 g/mol. The maximum atomic E-state index is 12.1. The molecule has 27 heavy (non-hydrogen) atoms. The van der Waals surface area contributed by atoms with Crippen LogP contribution in [0.5, 0.6) is 0 Å². The van der Waals surface area contributed by atoms with Gasteiger partial charge in [0.05, 0.1) is 5.56 Å². The number of carbonyl (C=O) groups is 2. The number of aryl methyl sites for hydroxylation is 1. The number of fused-ring (bicyclic) bond motifs is 1. The third kappa shape index (κ3) is 4.66. The fraction of sp³-hybridized carbons (Fsp3) is 0.350. The van der Waals surface area contributed by atoms with Crippen LogP contribution in [0.25, 0.3) is 6.08 Å². The van der Waals surface area contributed by atoms with Crippen molar-refractivity contribution in [1.82, 2.24) is 0 Å². The molecule has 1 amide bonds. The van der Waals surface area contributed by atoms with Gasteiger partial charge >= 0.3 is 5.97 Å². The molecule has 2 heterocycles. The molecule has 7 heteroatoms. The Morgan fingerprint density at radius 3 is 3.00 bits per heavy atom. The average Bonchev–Trinajstić information content (AvgIpc) is 3.20. The van der Waals surface area contributed by atoms with Crippen LogP contribution >= 0.6 is 11.3 Å². The van der Waals surface area contributed by atoms with E-state index in [1.165, 1.54) is 23.5 Å². The topological polar surface area (TPSA) is 92.3 Å². The number of furan rings is 1. The molecule has 0 saturated heterocycles. The number of rotatable bonds is 5. The zero-order chi connectivity index (χ0) is 19.4. The van der Waals surface area contributed by atoms with E-state index >= 15 is 0 Å². The molecule has 0 spiro atoms. The standard InChI is InChI=1S/C20H20N2O4S/c1-12-3-7-15-16(10-21)20(27-17(15)9-12)22-18(23)11-25-19(24)8-6-14-5-4-13(2)26-14/h4-6,8,12H,3,7,9,11H2,1-2H3,(H,22,23). The Bertz CT molecular complexity index is 932. The van der Waals surface area contributed by atoms with Crippen LogP contribution in [-0.4, -0.2) is 18.5 Å². The van der Waals surface area contributed by atoms with Crippen molar-refractivity contribution in [1.29, 1.82) is 5.26 Å². The minimum atomic E-state index is -0.640. The van der Waals surface area contributed by atoms with E-state index in [9.17, 15) is 14.9 Å². The number of ether oxygens (including phenoxy) is 1. The molecule has 0 aliphatic heterocycles. The van der Waals surface area contributed by atoms with Crippen molar-refractivity contribution in [2.75, 3.05) is 11.9 Å². The molecule has 1 atom stereocenters. The van der Waals surface area contributed by atoms with E-state index in [0.717, 1.165) is 35.5 Å².